The molecular weight excluding hydrogens is 488 g/mol. The lowest BCUT2D eigenvalue weighted by Gasteiger charge is -2.28. The van der Waals surface area contributed by atoms with Crippen LogP contribution < -0.4 is 14.4 Å². The smallest absolute Gasteiger partial charge is 0.410 e. The molecule has 3 heterocycles. The highest BCUT2D eigenvalue weighted by atomic mass is 32.1. The Kier molecular flexibility index (Phi) is 7.58. The Labute approximate surface area is 212 Å². The van der Waals surface area contributed by atoms with Crippen molar-refractivity contribution in [2.75, 3.05) is 31.3 Å². The van der Waals surface area contributed by atoms with Gasteiger partial charge in [-0.1, -0.05) is 6.07 Å². The molecule has 4 rings (SSSR count). The molecule has 0 saturated carbocycles. The molecule has 1 aliphatic rings. The zero-order valence-corrected chi connectivity index (χ0v) is 21.1. The van der Waals surface area contributed by atoms with Crippen LogP contribution in [0.1, 0.15) is 32.8 Å². The minimum atomic E-state index is -0.987. The van der Waals surface area contributed by atoms with Crippen LogP contribution in [0.2, 0.25) is 0 Å². The van der Waals surface area contributed by atoms with Crippen LogP contribution in [-0.2, 0) is 16.1 Å². The van der Waals surface area contributed by atoms with Crippen LogP contribution in [0.3, 0.4) is 0 Å². The van der Waals surface area contributed by atoms with Gasteiger partial charge in [0.2, 0.25) is 17.9 Å². The van der Waals surface area contributed by atoms with E-state index in [4.69, 9.17) is 14.2 Å². The Morgan fingerprint density at radius 3 is 2.75 bits per heavy atom. The molecule has 0 bridgehead atoms. The predicted octanol–water partition coefficient (Wildman–Crippen LogP) is 3.17. The number of anilines is 1. The minimum Gasteiger partial charge on any atom is -0.480 e. The number of amides is 1. The maximum Gasteiger partial charge on any atom is 0.410 e. The zero-order chi connectivity index (χ0) is 25.7. The zero-order valence-electron chi connectivity index (χ0n) is 20.3. The van der Waals surface area contributed by atoms with Crippen molar-refractivity contribution in [3.63, 3.8) is 0 Å². The Morgan fingerprint density at radius 1 is 1.22 bits per heavy atom. The van der Waals surface area contributed by atoms with E-state index in [0.717, 1.165) is 17.1 Å². The highest BCUT2D eigenvalue weighted by Gasteiger charge is 2.24. The van der Waals surface area contributed by atoms with Crippen molar-refractivity contribution in [3.05, 3.63) is 42.5 Å². The molecule has 1 aliphatic heterocycles. The van der Waals surface area contributed by atoms with E-state index < -0.39 is 17.7 Å². The number of imidazole rings is 1. The molecule has 3 aromatic rings. The van der Waals surface area contributed by atoms with Crippen LogP contribution in [0.15, 0.2) is 36.9 Å². The topological polar surface area (TPSA) is 132 Å². The SMILES string of the molecule is CC(C)(C)OC(=O)N(CCCN(CC(=O)O)c1nc(-n2ccnc2)ns1)Cc1ccc2c(c1)OCO2. The molecule has 0 spiro atoms. The Balaban J connectivity index is 1.44. The molecule has 12 nitrogen and oxygen atoms in total. The first-order valence-electron chi connectivity index (χ1n) is 11.3. The molecule has 1 amide bonds. The van der Waals surface area contributed by atoms with Crippen molar-refractivity contribution < 1.29 is 28.9 Å². The van der Waals surface area contributed by atoms with E-state index in [9.17, 15) is 14.7 Å². The molecular formula is C23H28N6O6S. The second-order valence-corrected chi connectivity index (χ2v) is 9.84. The van der Waals surface area contributed by atoms with Gasteiger partial charge in [-0.25, -0.2) is 9.78 Å². The van der Waals surface area contributed by atoms with E-state index in [2.05, 4.69) is 14.3 Å². The summed E-state index contributed by atoms with van der Waals surface area (Å²) in [7, 11) is 0. The first-order chi connectivity index (χ1) is 17.2. The lowest BCUT2D eigenvalue weighted by Crippen LogP contribution is -2.39. The minimum absolute atomic E-state index is 0.169. The van der Waals surface area contributed by atoms with Crippen molar-refractivity contribution in [1.82, 2.24) is 23.8 Å². The molecule has 1 aromatic carbocycles. The normalized spacial score (nSPS) is 12.4. The van der Waals surface area contributed by atoms with Crippen LogP contribution >= 0.6 is 11.5 Å². The van der Waals surface area contributed by atoms with Crippen LogP contribution in [-0.4, -0.2) is 73.0 Å². The van der Waals surface area contributed by atoms with Crippen molar-refractivity contribution in [2.45, 2.75) is 39.3 Å². The number of carboxylic acid groups (broad SMARTS) is 1. The van der Waals surface area contributed by atoms with Gasteiger partial charge in [0.25, 0.3) is 0 Å². The molecule has 0 radical (unpaired) electrons. The summed E-state index contributed by atoms with van der Waals surface area (Å²) < 4.78 is 22.4. The molecule has 2 aromatic heterocycles. The number of aliphatic carboxylic acids is 1. The van der Waals surface area contributed by atoms with Gasteiger partial charge in [0.15, 0.2) is 11.5 Å². The highest BCUT2D eigenvalue weighted by Crippen LogP contribution is 2.33. The summed E-state index contributed by atoms with van der Waals surface area (Å²) in [5, 5.41) is 9.90. The molecule has 192 valence electrons. The lowest BCUT2D eigenvalue weighted by molar-refractivity contribution is -0.135. The number of fused-ring (bicyclic) bond motifs is 1. The van der Waals surface area contributed by atoms with Gasteiger partial charge in [-0.15, -0.1) is 0 Å². The van der Waals surface area contributed by atoms with E-state index in [1.54, 1.807) is 33.1 Å². The molecule has 13 heteroatoms. The molecule has 36 heavy (non-hydrogen) atoms. The highest BCUT2D eigenvalue weighted by molar-refractivity contribution is 7.09. The van der Waals surface area contributed by atoms with Gasteiger partial charge < -0.3 is 29.1 Å². The second kappa shape index (κ2) is 10.8. The summed E-state index contributed by atoms with van der Waals surface area (Å²) in [6.45, 7) is 6.35. The number of benzene rings is 1. The third-order valence-electron chi connectivity index (χ3n) is 5.05. The number of rotatable bonds is 10. The first kappa shape index (κ1) is 25.2. The van der Waals surface area contributed by atoms with Crippen molar-refractivity contribution in [1.29, 1.82) is 0 Å². The van der Waals surface area contributed by atoms with E-state index >= 15 is 0 Å². The molecule has 0 unspecified atom stereocenters. The monoisotopic (exact) mass is 516 g/mol. The quantitative estimate of drug-likeness (QED) is 0.428. The molecule has 0 fully saturated rings. The Hall–Kier alpha value is -3.87. The number of ether oxygens (including phenoxy) is 3. The van der Waals surface area contributed by atoms with Gasteiger partial charge in [0.05, 0.1) is 0 Å². The lowest BCUT2D eigenvalue weighted by atomic mass is 10.2. The van der Waals surface area contributed by atoms with Crippen molar-refractivity contribution in [2.24, 2.45) is 0 Å². The summed E-state index contributed by atoms with van der Waals surface area (Å²) in [5.41, 5.74) is 0.206. The summed E-state index contributed by atoms with van der Waals surface area (Å²) in [5.74, 6) is 0.730. The molecule has 0 atom stereocenters. The molecule has 0 saturated heterocycles. The van der Waals surface area contributed by atoms with Crippen LogP contribution in [0, 0.1) is 0 Å². The number of nitrogens with zero attached hydrogens (tertiary/aromatic N) is 6. The fourth-order valence-corrected chi connectivity index (χ4v) is 4.19. The first-order valence-corrected chi connectivity index (χ1v) is 12.1. The predicted molar refractivity (Wildman–Crippen MR) is 131 cm³/mol. The summed E-state index contributed by atoms with van der Waals surface area (Å²) in [4.78, 5) is 36.1. The third-order valence-corrected chi connectivity index (χ3v) is 5.82. The molecule has 1 N–H and O–H groups in total. The number of carbonyl (C=O) groups is 2. The summed E-state index contributed by atoms with van der Waals surface area (Å²) in [6, 6.07) is 5.53. The van der Waals surface area contributed by atoms with Crippen molar-refractivity contribution >= 4 is 28.7 Å². The van der Waals surface area contributed by atoms with Crippen LogP contribution in [0.5, 0.6) is 11.5 Å². The van der Waals surface area contributed by atoms with E-state index in [0.29, 0.717) is 48.6 Å². The average Bonchev–Trinajstić information content (AvgIpc) is 3.57. The van der Waals surface area contributed by atoms with Gasteiger partial charge in [-0.3, -0.25) is 9.36 Å². The fourth-order valence-electron chi connectivity index (χ4n) is 3.50. The van der Waals surface area contributed by atoms with Crippen molar-refractivity contribution in [3.8, 4) is 17.4 Å². The molecule has 0 aliphatic carbocycles. The van der Waals surface area contributed by atoms with Gasteiger partial charge in [0.1, 0.15) is 18.5 Å². The van der Waals surface area contributed by atoms with Gasteiger partial charge in [0, 0.05) is 43.6 Å². The summed E-state index contributed by atoms with van der Waals surface area (Å²) in [6.07, 6.45) is 4.92. The summed E-state index contributed by atoms with van der Waals surface area (Å²) >= 11 is 1.11. The number of hydrogen-bond donors (Lipinski definition) is 1. The van der Waals surface area contributed by atoms with Crippen LogP contribution in [0.4, 0.5) is 9.93 Å². The fraction of sp³-hybridized carbons (Fsp3) is 0.435. The standard InChI is InChI=1S/C23H28N6O6S/c1-23(2,3)35-22(32)28(12-16-5-6-17-18(11-16)34-15-33-17)9-4-8-27(13-19(30)31)21-25-20(26-36-21)29-10-7-24-14-29/h5-7,10-11,14H,4,8-9,12-13,15H2,1-3H3,(H,30,31). The maximum atomic E-state index is 13.0. The van der Waals surface area contributed by atoms with Crippen LogP contribution in [0.25, 0.3) is 5.95 Å². The number of hydrogen-bond acceptors (Lipinski definition) is 10. The number of carboxylic acids is 1. The Morgan fingerprint density at radius 2 is 2.03 bits per heavy atom. The van der Waals surface area contributed by atoms with E-state index in [-0.39, 0.29) is 13.3 Å². The van der Waals surface area contributed by atoms with E-state index in [1.165, 1.54) is 0 Å². The van der Waals surface area contributed by atoms with Gasteiger partial charge in [-0.05, 0) is 44.9 Å². The maximum absolute atomic E-state index is 13.0. The number of aromatic nitrogens is 4. The van der Waals surface area contributed by atoms with Gasteiger partial charge in [-0.2, -0.15) is 9.36 Å². The Bertz CT molecular complexity index is 1190. The van der Waals surface area contributed by atoms with Gasteiger partial charge >= 0.3 is 12.1 Å². The average molecular weight is 517 g/mol. The van der Waals surface area contributed by atoms with E-state index in [1.807, 2.05) is 39.0 Å². The largest absolute Gasteiger partial charge is 0.480 e. The third kappa shape index (κ3) is 6.62. The second-order valence-electron chi connectivity index (χ2n) is 9.11. The number of carbonyl (C=O) groups excluding carboxylic acids is 1.